The molecule has 0 fully saturated rings. The first-order chi connectivity index (χ1) is 9.74. The highest BCUT2D eigenvalue weighted by atomic mass is 16.1. The molecule has 4 heteroatoms. The summed E-state index contributed by atoms with van der Waals surface area (Å²) < 4.78 is 0. The molecule has 1 aromatic heterocycles. The van der Waals surface area contributed by atoms with Crippen LogP contribution >= 0.6 is 0 Å². The number of amides is 1. The SMILES string of the molecule is C[C@@H](C(=O)Nc1ccc2c(c1)CCC2)c1cncnc1. The topological polar surface area (TPSA) is 54.9 Å². The van der Waals surface area contributed by atoms with Gasteiger partial charge in [0, 0.05) is 23.6 Å². The number of hydrogen-bond donors (Lipinski definition) is 1. The van der Waals surface area contributed by atoms with Crippen molar-refractivity contribution in [1.82, 2.24) is 9.97 Å². The number of aryl methyl sites for hydroxylation is 2. The fourth-order valence-electron chi connectivity index (χ4n) is 2.59. The lowest BCUT2D eigenvalue weighted by atomic mass is 10.0. The summed E-state index contributed by atoms with van der Waals surface area (Å²) in [4.78, 5) is 20.1. The molecule has 0 radical (unpaired) electrons. The molecule has 2 aromatic rings. The van der Waals surface area contributed by atoms with Crippen LogP contribution in [0.25, 0.3) is 0 Å². The Kier molecular flexibility index (Phi) is 3.46. The second kappa shape index (κ2) is 5.41. The van der Waals surface area contributed by atoms with Crippen molar-refractivity contribution in [2.24, 2.45) is 0 Å². The molecule has 3 rings (SSSR count). The molecule has 1 atom stereocenters. The molecule has 1 aliphatic rings. The molecule has 4 nitrogen and oxygen atoms in total. The van der Waals surface area contributed by atoms with E-state index in [1.807, 2.05) is 13.0 Å². The molecular weight excluding hydrogens is 250 g/mol. The third-order valence-electron chi connectivity index (χ3n) is 3.84. The van der Waals surface area contributed by atoms with Crippen LogP contribution in [-0.4, -0.2) is 15.9 Å². The van der Waals surface area contributed by atoms with Crippen molar-refractivity contribution in [3.8, 4) is 0 Å². The summed E-state index contributed by atoms with van der Waals surface area (Å²) >= 11 is 0. The molecule has 1 aromatic carbocycles. The van der Waals surface area contributed by atoms with Crippen molar-refractivity contribution >= 4 is 11.6 Å². The van der Waals surface area contributed by atoms with Crippen molar-refractivity contribution in [3.05, 3.63) is 53.6 Å². The van der Waals surface area contributed by atoms with Crippen molar-refractivity contribution in [2.75, 3.05) is 5.32 Å². The van der Waals surface area contributed by atoms with Gasteiger partial charge in [-0.1, -0.05) is 6.07 Å². The van der Waals surface area contributed by atoms with Crippen LogP contribution in [0.5, 0.6) is 0 Å². The fraction of sp³-hybridized carbons (Fsp3) is 0.312. The Morgan fingerprint density at radius 2 is 1.95 bits per heavy atom. The third-order valence-corrected chi connectivity index (χ3v) is 3.84. The Balaban J connectivity index is 1.73. The second-order valence-corrected chi connectivity index (χ2v) is 5.22. The number of anilines is 1. The van der Waals surface area contributed by atoms with E-state index in [1.54, 1.807) is 12.4 Å². The maximum absolute atomic E-state index is 12.2. The van der Waals surface area contributed by atoms with Gasteiger partial charge < -0.3 is 5.32 Å². The summed E-state index contributed by atoms with van der Waals surface area (Å²) in [6, 6.07) is 6.19. The summed E-state index contributed by atoms with van der Waals surface area (Å²) in [5.41, 5.74) is 4.47. The van der Waals surface area contributed by atoms with E-state index in [1.165, 1.54) is 23.9 Å². The zero-order valence-electron chi connectivity index (χ0n) is 11.5. The lowest BCUT2D eigenvalue weighted by molar-refractivity contribution is -0.117. The number of nitrogens with one attached hydrogen (secondary N) is 1. The molecule has 0 bridgehead atoms. The van der Waals surface area contributed by atoms with Gasteiger partial charge in [-0.05, 0) is 49.4 Å². The number of carbonyl (C=O) groups is 1. The summed E-state index contributed by atoms with van der Waals surface area (Å²) in [6.07, 6.45) is 8.31. The number of fused-ring (bicyclic) bond motifs is 1. The molecule has 1 amide bonds. The molecule has 0 unspecified atom stereocenters. The van der Waals surface area contributed by atoms with Gasteiger partial charge in [-0.25, -0.2) is 9.97 Å². The maximum atomic E-state index is 12.2. The Bertz CT molecular complexity index is 625. The van der Waals surface area contributed by atoms with E-state index < -0.39 is 0 Å². The van der Waals surface area contributed by atoms with Crippen molar-refractivity contribution in [2.45, 2.75) is 32.1 Å². The van der Waals surface area contributed by atoms with Crippen LogP contribution in [0.2, 0.25) is 0 Å². The van der Waals surface area contributed by atoms with Crippen LogP contribution in [0.15, 0.2) is 36.9 Å². The Morgan fingerprint density at radius 3 is 2.75 bits per heavy atom. The summed E-state index contributed by atoms with van der Waals surface area (Å²) in [5, 5.41) is 2.98. The maximum Gasteiger partial charge on any atom is 0.231 e. The molecule has 1 aliphatic carbocycles. The number of rotatable bonds is 3. The van der Waals surface area contributed by atoms with Crippen LogP contribution in [0.1, 0.15) is 36.0 Å². The van der Waals surface area contributed by atoms with Gasteiger partial charge in [0.15, 0.2) is 0 Å². The third kappa shape index (κ3) is 2.54. The Hall–Kier alpha value is -2.23. The van der Waals surface area contributed by atoms with Crippen LogP contribution in [0, 0.1) is 0 Å². The first kappa shape index (κ1) is 12.8. The molecule has 0 spiro atoms. The standard InChI is InChI=1S/C16H17N3O/c1-11(14-8-17-10-18-9-14)16(20)19-15-6-5-12-3-2-4-13(12)7-15/h5-11H,2-4H2,1H3,(H,19,20)/t11-/m1/s1. The molecule has 20 heavy (non-hydrogen) atoms. The average Bonchev–Trinajstić information content (AvgIpc) is 2.95. The van der Waals surface area contributed by atoms with E-state index in [0.717, 1.165) is 24.1 Å². The highest BCUT2D eigenvalue weighted by molar-refractivity contribution is 5.95. The predicted octanol–water partition coefficient (Wildman–Crippen LogP) is 2.71. The Labute approximate surface area is 118 Å². The van der Waals surface area contributed by atoms with Crippen LogP contribution in [0.3, 0.4) is 0 Å². The van der Waals surface area contributed by atoms with Crippen molar-refractivity contribution in [3.63, 3.8) is 0 Å². The van der Waals surface area contributed by atoms with Gasteiger partial charge in [0.05, 0.1) is 5.92 Å². The van der Waals surface area contributed by atoms with Crippen molar-refractivity contribution < 1.29 is 4.79 Å². The summed E-state index contributed by atoms with van der Waals surface area (Å²) in [6.45, 7) is 1.86. The lowest BCUT2D eigenvalue weighted by Gasteiger charge is -2.12. The van der Waals surface area contributed by atoms with E-state index in [4.69, 9.17) is 0 Å². The largest absolute Gasteiger partial charge is 0.326 e. The van der Waals surface area contributed by atoms with E-state index in [9.17, 15) is 4.79 Å². The van der Waals surface area contributed by atoms with Gasteiger partial charge in [0.1, 0.15) is 6.33 Å². The van der Waals surface area contributed by atoms with E-state index in [-0.39, 0.29) is 11.8 Å². The number of hydrogen-bond acceptors (Lipinski definition) is 3. The fourth-order valence-corrected chi connectivity index (χ4v) is 2.59. The monoisotopic (exact) mass is 267 g/mol. The van der Waals surface area contributed by atoms with Gasteiger partial charge in [0.2, 0.25) is 5.91 Å². The van der Waals surface area contributed by atoms with Crippen LogP contribution in [0.4, 0.5) is 5.69 Å². The highest BCUT2D eigenvalue weighted by Gasteiger charge is 2.17. The van der Waals surface area contributed by atoms with Gasteiger partial charge in [0.25, 0.3) is 0 Å². The first-order valence-corrected chi connectivity index (χ1v) is 6.91. The molecular formula is C16H17N3O. The molecule has 0 saturated carbocycles. The normalized spacial score (nSPS) is 14.7. The van der Waals surface area contributed by atoms with Crippen LogP contribution < -0.4 is 5.32 Å². The molecule has 1 heterocycles. The molecule has 1 N–H and O–H groups in total. The van der Waals surface area contributed by atoms with Gasteiger partial charge in [-0.15, -0.1) is 0 Å². The zero-order chi connectivity index (χ0) is 13.9. The number of aromatic nitrogens is 2. The highest BCUT2D eigenvalue weighted by Crippen LogP contribution is 2.25. The number of carbonyl (C=O) groups excluding carboxylic acids is 1. The van der Waals surface area contributed by atoms with Gasteiger partial charge in [-0.2, -0.15) is 0 Å². The lowest BCUT2D eigenvalue weighted by Crippen LogP contribution is -2.19. The predicted molar refractivity (Wildman–Crippen MR) is 77.5 cm³/mol. The van der Waals surface area contributed by atoms with Crippen LogP contribution in [-0.2, 0) is 17.6 Å². The van der Waals surface area contributed by atoms with Crippen molar-refractivity contribution in [1.29, 1.82) is 0 Å². The smallest absolute Gasteiger partial charge is 0.231 e. The van der Waals surface area contributed by atoms with E-state index >= 15 is 0 Å². The Morgan fingerprint density at radius 1 is 1.20 bits per heavy atom. The number of nitrogens with zero attached hydrogens (tertiary/aromatic N) is 2. The zero-order valence-corrected chi connectivity index (χ0v) is 11.5. The molecule has 102 valence electrons. The van der Waals surface area contributed by atoms with E-state index in [2.05, 4.69) is 27.4 Å². The second-order valence-electron chi connectivity index (χ2n) is 5.22. The van der Waals surface area contributed by atoms with Gasteiger partial charge >= 0.3 is 0 Å². The minimum absolute atomic E-state index is 0.0299. The quantitative estimate of drug-likeness (QED) is 0.930. The number of benzene rings is 1. The van der Waals surface area contributed by atoms with E-state index in [0.29, 0.717) is 0 Å². The average molecular weight is 267 g/mol. The van der Waals surface area contributed by atoms with Gasteiger partial charge in [-0.3, -0.25) is 4.79 Å². The first-order valence-electron chi connectivity index (χ1n) is 6.91. The molecule has 0 aliphatic heterocycles. The molecule has 0 saturated heterocycles. The summed E-state index contributed by atoms with van der Waals surface area (Å²) in [5.74, 6) is -0.290. The summed E-state index contributed by atoms with van der Waals surface area (Å²) in [7, 11) is 0. The minimum atomic E-state index is -0.260. The minimum Gasteiger partial charge on any atom is -0.326 e.